The van der Waals surface area contributed by atoms with E-state index in [0.717, 1.165) is 18.4 Å². The van der Waals surface area contributed by atoms with Gasteiger partial charge < -0.3 is 14.9 Å². The summed E-state index contributed by atoms with van der Waals surface area (Å²) < 4.78 is 14.1. The average Bonchev–Trinajstić information content (AvgIpc) is 3.06. The molecule has 3 aromatic rings. The lowest BCUT2D eigenvalue weighted by atomic mass is 9.98. The van der Waals surface area contributed by atoms with Crippen molar-refractivity contribution in [1.82, 2.24) is 14.7 Å². The SMILES string of the molecule is CCC(CC)Oc1ccc2n(n1)c(=N)[n-][n+]2CC(=O)c1cc(OC)cc(C(C)C)c1. The Balaban J connectivity index is 1.90. The summed E-state index contributed by atoms with van der Waals surface area (Å²) in [7, 11) is 1.59. The van der Waals surface area contributed by atoms with Crippen molar-refractivity contribution in [3.8, 4) is 11.6 Å². The number of carbonyl (C=O) groups is 1. The molecule has 0 spiro atoms. The Hall–Kier alpha value is -3.16. The van der Waals surface area contributed by atoms with Gasteiger partial charge in [0.2, 0.25) is 11.4 Å². The Morgan fingerprint density at radius 3 is 2.60 bits per heavy atom. The zero-order valence-electron chi connectivity index (χ0n) is 18.2. The highest BCUT2D eigenvalue weighted by atomic mass is 16.5. The number of hydrogen-bond acceptors (Lipinski definition) is 5. The van der Waals surface area contributed by atoms with E-state index in [1.165, 1.54) is 9.20 Å². The molecular weight excluding hydrogens is 382 g/mol. The minimum absolute atomic E-state index is 0.00150. The summed E-state index contributed by atoms with van der Waals surface area (Å²) in [6.45, 7) is 8.26. The summed E-state index contributed by atoms with van der Waals surface area (Å²) >= 11 is 0. The second kappa shape index (κ2) is 9.11. The molecule has 3 rings (SSSR count). The standard InChI is InChI=1S/C22H29N5O3/c1-6-17(7-2)30-20-8-9-21-26(25-22(23)27(21)24-20)13-19(28)16-10-15(14(3)4)11-18(12-16)29-5/h8-12,14,17,23H,6-7,13H2,1-5H3. The Labute approximate surface area is 176 Å². The fourth-order valence-corrected chi connectivity index (χ4v) is 3.23. The van der Waals surface area contributed by atoms with Crippen LogP contribution >= 0.6 is 0 Å². The summed E-state index contributed by atoms with van der Waals surface area (Å²) in [6.07, 6.45) is 1.83. The Kier molecular flexibility index (Phi) is 6.54. The third-order valence-corrected chi connectivity index (χ3v) is 5.12. The lowest BCUT2D eigenvalue weighted by Crippen LogP contribution is -2.43. The fraction of sp³-hybridized carbons (Fsp3) is 0.455. The van der Waals surface area contributed by atoms with Gasteiger partial charge in [-0.25, -0.2) is 0 Å². The first kappa shape index (κ1) is 21.5. The molecule has 30 heavy (non-hydrogen) atoms. The topological polar surface area (TPSA) is 94.7 Å². The highest BCUT2D eigenvalue weighted by molar-refractivity contribution is 5.95. The van der Waals surface area contributed by atoms with E-state index in [1.54, 1.807) is 25.3 Å². The minimum atomic E-state index is -0.113. The number of nitrogens with one attached hydrogen (secondary N) is 1. The Bertz CT molecular complexity index is 1100. The van der Waals surface area contributed by atoms with E-state index < -0.39 is 0 Å². The third-order valence-electron chi connectivity index (χ3n) is 5.12. The van der Waals surface area contributed by atoms with Crippen molar-refractivity contribution < 1.29 is 19.0 Å². The van der Waals surface area contributed by atoms with E-state index in [1.807, 2.05) is 12.1 Å². The van der Waals surface area contributed by atoms with Crippen molar-refractivity contribution in [2.45, 2.75) is 59.1 Å². The number of Topliss-reactive ketones (excluding diaryl/α,β-unsaturated/α-hetero) is 1. The lowest BCUT2D eigenvalue weighted by Gasteiger charge is -2.13. The van der Waals surface area contributed by atoms with Crippen LogP contribution in [0, 0.1) is 5.41 Å². The van der Waals surface area contributed by atoms with Crippen molar-refractivity contribution in [3.05, 3.63) is 47.1 Å². The molecule has 2 heterocycles. The molecule has 0 saturated heterocycles. The molecule has 0 aliphatic carbocycles. The maximum absolute atomic E-state index is 13.0. The molecule has 0 radical (unpaired) electrons. The molecule has 8 nitrogen and oxygen atoms in total. The molecule has 0 aliphatic heterocycles. The summed E-state index contributed by atoms with van der Waals surface area (Å²) in [4.78, 5) is 13.0. The van der Waals surface area contributed by atoms with Crippen molar-refractivity contribution in [2.75, 3.05) is 7.11 Å². The van der Waals surface area contributed by atoms with Gasteiger partial charge in [-0.15, -0.1) is 0 Å². The molecule has 2 aromatic heterocycles. The van der Waals surface area contributed by atoms with Crippen LogP contribution in [0.2, 0.25) is 0 Å². The van der Waals surface area contributed by atoms with Gasteiger partial charge in [0.25, 0.3) is 5.88 Å². The first-order valence-electron chi connectivity index (χ1n) is 10.3. The first-order valence-corrected chi connectivity index (χ1v) is 10.3. The predicted octanol–water partition coefficient (Wildman–Crippen LogP) is 2.64. The van der Waals surface area contributed by atoms with Gasteiger partial charge >= 0.3 is 5.65 Å². The second-order valence-electron chi connectivity index (χ2n) is 7.55. The molecule has 0 bridgehead atoms. The van der Waals surface area contributed by atoms with Gasteiger partial charge in [-0.3, -0.25) is 4.79 Å². The van der Waals surface area contributed by atoms with Crippen LogP contribution in [-0.4, -0.2) is 28.6 Å². The van der Waals surface area contributed by atoms with Gasteiger partial charge in [0.15, 0.2) is 6.54 Å². The van der Waals surface area contributed by atoms with E-state index in [9.17, 15) is 4.79 Å². The lowest BCUT2D eigenvalue weighted by molar-refractivity contribution is -0.721. The maximum Gasteiger partial charge on any atom is 0.317 e. The number of ether oxygens (including phenoxy) is 2. The fourth-order valence-electron chi connectivity index (χ4n) is 3.23. The number of hydrogen-bond donors (Lipinski definition) is 1. The van der Waals surface area contributed by atoms with Crippen molar-refractivity contribution in [3.63, 3.8) is 0 Å². The summed E-state index contributed by atoms with van der Waals surface area (Å²) in [6, 6.07) is 9.07. The monoisotopic (exact) mass is 411 g/mol. The molecule has 1 N–H and O–H groups in total. The summed E-state index contributed by atoms with van der Waals surface area (Å²) in [5, 5.41) is 16.7. The number of ketones is 1. The van der Waals surface area contributed by atoms with Crippen LogP contribution in [0.4, 0.5) is 0 Å². The average molecular weight is 412 g/mol. The summed E-state index contributed by atoms with van der Waals surface area (Å²) in [5.74, 6) is 1.24. The smallest absolute Gasteiger partial charge is 0.317 e. The van der Waals surface area contributed by atoms with E-state index >= 15 is 0 Å². The van der Waals surface area contributed by atoms with E-state index in [-0.39, 0.29) is 30.0 Å². The van der Waals surface area contributed by atoms with Gasteiger partial charge in [-0.2, -0.15) is 9.78 Å². The van der Waals surface area contributed by atoms with E-state index in [2.05, 4.69) is 37.9 Å². The second-order valence-corrected chi connectivity index (χ2v) is 7.55. The molecule has 0 atom stereocenters. The highest BCUT2D eigenvalue weighted by Crippen LogP contribution is 2.23. The predicted molar refractivity (Wildman–Crippen MR) is 111 cm³/mol. The van der Waals surface area contributed by atoms with Gasteiger partial charge in [0.1, 0.15) is 11.9 Å². The molecule has 0 fully saturated rings. The van der Waals surface area contributed by atoms with Crippen molar-refractivity contribution in [2.24, 2.45) is 0 Å². The van der Waals surface area contributed by atoms with Gasteiger partial charge in [0, 0.05) is 17.7 Å². The molecule has 8 heteroatoms. The number of methoxy groups -OCH3 is 1. The summed E-state index contributed by atoms with van der Waals surface area (Å²) in [5.41, 5.74) is 2.09. The normalized spacial score (nSPS) is 11.4. The number of aromatic nitrogens is 4. The van der Waals surface area contributed by atoms with Crippen LogP contribution < -0.4 is 24.9 Å². The van der Waals surface area contributed by atoms with Crippen LogP contribution in [0.1, 0.15) is 62.4 Å². The number of rotatable bonds is 9. The van der Waals surface area contributed by atoms with Gasteiger partial charge in [-0.05, 0) is 47.6 Å². The zero-order valence-corrected chi connectivity index (χ0v) is 18.2. The number of nitrogens with zero attached hydrogens (tertiary/aromatic N) is 4. The van der Waals surface area contributed by atoms with Crippen LogP contribution in [0.5, 0.6) is 11.6 Å². The molecule has 1 aromatic carbocycles. The minimum Gasteiger partial charge on any atom is -0.497 e. The quantitative estimate of drug-likeness (QED) is 0.431. The van der Waals surface area contributed by atoms with Crippen LogP contribution in [0.3, 0.4) is 0 Å². The van der Waals surface area contributed by atoms with Crippen LogP contribution in [0.25, 0.3) is 5.65 Å². The Morgan fingerprint density at radius 2 is 1.97 bits per heavy atom. The zero-order chi connectivity index (χ0) is 21.8. The molecule has 0 aliphatic rings. The van der Waals surface area contributed by atoms with Crippen LogP contribution in [-0.2, 0) is 6.54 Å². The molecule has 0 saturated carbocycles. The Morgan fingerprint density at radius 1 is 1.23 bits per heavy atom. The first-order chi connectivity index (χ1) is 14.4. The van der Waals surface area contributed by atoms with Gasteiger partial charge in [0.05, 0.1) is 7.11 Å². The van der Waals surface area contributed by atoms with E-state index in [4.69, 9.17) is 14.9 Å². The molecule has 0 unspecified atom stereocenters. The van der Waals surface area contributed by atoms with Crippen molar-refractivity contribution in [1.29, 1.82) is 5.41 Å². The highest BCUT2D eigenvalue weighted by Gasteiger charge is 2.19. The number of benzene rings is 1. The largest absolute Gasteiger partial charge is 0.497 e. The number of carbonyl (C=O) groups excluding carboxylic acids is 1. The molecule has 160 valence electrons. The van der Waals surface area contributed by atoms with Crippen LogP contribution in [0.15, 0.2) is 30.3 Å². The molecular formula is C22H29N5O3. The van der Waals surface area contributed by atoms with E-state index in [0.29, 0.717) is 22.8 Å². The van der Waals surface area contributed by atoms with Crippen molar-refractivity contribution >= 4 is 11.4 Å². The number of fused-ring (bicyclic) bond motifs is 1. The maximum atomic E-state index is 13.0. The van der Waals surface area contributed by atoms with Gasteiger partial charge in [-0.1, -0.05) is 32.2 Å². The molecule has 0 amide bonds. The third kappa shape index (κ3) is 4.53.